The van der Waals surface area contributed by atoms with E-state index in [1.54, 1.807) is 0 Å². The Hall–Kier alpha value is -1.77. The van der Waals surface area contributed by atoms with Crippen LogP contribution < -0.4 is 0 Å². The lowest BCUT2D eigenvalue weighted by atomic mass is 9.97. The van der Waals surface area contributed by atoms with Crippen molar-refractivity contribution >= 4 is 5.97 Å². The van der Waals surface area contributed by atoms with E-state index in [1.807, 2.05) is 12.3 Å². The molecule has 0 unspecified atom stereocenters. The summed E-state index contributed by atoms with van der Waals surface area (Å²) in [4.78, 5) is 11.2. The molecule has 2 rings (SSSR count). The van der Waals surface area contributed by atoms with E-state index in [-0.39, 0.29) is 12.1 Å². The molecule has 0 bridgehead atoms. The van der Waals surface area contributed by atoms with Gasteiger partial charge < -0.3 is 9.15 Å². The molecule has 1 atom stereocenters. The lowest BCUT2D eigenvalue weighted by Crippen LogP contribution is -2.15. The van der Waals surface area contributed by atoms with E-state index in [0.717, 1.165) is 25.0 Å². The summed E-state index contributed by atoms with van der Waals surface area (Å²) < 4.78 is 11.0. The molecule has 0 N–H and O–H groups in total. The van der Waals surface area contributed by atoms with Gasteiger partial charge in [-0.3, -0.25) is 4.79 Å². The van der Waals surface area contributed by atoms with Gasteiger partial charge in [0.05, 0.1) is 6.26 Å². The molecule has 1 aliphatic carbocycles. The summed E-state index contributed by atoms with van der Waals surface area (Å²) in [6.45, 7) is 7.67. The first-order valence-electron chi connectivity index (χ1n) is 7.01. The van der Waals surface area contributed by atoms with Gasteiger partial charge in [-0.05, 0) is 38.8 Å². The highest BCUT2D eigenvalue weighted by atomic mass is 16.5. The van der Waals surface area contributed by atoms with Gasteiger partial charge in [-0.1, -0.05) is 17.2 Å². The third-order valence-electron chi connectivity index (χ3n) is 3.60. The Labute approximate surface area is 120 Å². The topological polar surface area (TPSA) is 39.4 Å². The molecule has 0 radical (unpaired) electrons. The van der Waals surface area contributed by atoms with Crippen LogP contribution >= 0.6 is 0 Å². The van der Waals surface area contributed by atoms with E-state index in [0.29, 0.717) is 0 Å². The van der Waals surface area contributed by atoms with Crippen LogP contribution in [0, 0.1) is 6.92 Å². The summed E-state index contributed by atoms with van der Waals surface area (Å²) in [6.07, 6.45) is 8.28. The van der Waals surface area contributed by atoms with Crippen molar-refractivity contribution in [2.45, 2.75) is 53.1 Å². The van der Waals surface area contributed by atoms with Crippen LogP contribution in [0.1, 0.15) is 44.1 Å². The number of carbonyl (C=O) groups excluding carboxylic acids is 1. The third kappa shape index (κ3) is 3.62. The predicted molar refractivity (Wildman–Crippen MR) is 78.5 cm³/mol. The zero-order valence-corrected chi connectivity index (χ0v) is 12.7. The number of furan rings is 1. The van der Waals surface area contributed by atoms with Crippen molar-refractivity contribution in [3.63, 3.8) is 0 Å². The molecule has 3 nitrogen and oxygen atoms in total. The molecule has 20 heavy (non-hydrogen) atoms. The number of fused-ring (bicyclic) bond motifs is 1. The van der Waals surface area contributed by atoms with Crippen molar-refractivity contribution in [2.75, 3.05) is 0 Å². The predicted octanol–water partition coefficient (Wildman–Crippen LogP) is 3.90. The molecule has 0 spiro atoms. The Morgan fingerprint density at radius 1 is 1.30 bits per heavy atom. The Kier molecular flexibility index (Phi) is 4.48. The number of hydrogen-bond acceptors (Lipinski definition) is 3. The Morgan fingerprint density at radius 2 is 2.05 bits per heavy atom. The SMILES string of the molecule is CC(=O)O[C@@H]1/C=C(/C)Cc2occ(C)c2C/C=C(\C)C1. The van der Waals surface area contributed by atoms with Gasteiger partial charge in [-0.15, -0.1) is 0 Å². The molecule has 0 saturated carbocycles. The fraction of sp³-hybridized carbons (Fsp3) is 0.471. The molecule has 108 valence electrons. The fourth-order valence-electron chi connectivity index (χ4n) is 2.60. The van der Waals surface area contributed by atoms with Crippen molar-refractivity contribution in [3.05, 3.63) is 46.4 Å². The molecule has 0 amide bonds. The average molecular weight is 274 g/mol. The molecule has 0 fully saturated rings. The van der Waals surface area contributed by atoms with Gasteiger partial charge in [0.25, 0.3) is 0 Å². The van der Waals surface area contributed by atoms with Crippen molar-refractivity contribution in [3.8, 4) is 0 Å². The highest BCUT2D eigenvalue weighted by Crippen LogP contribution is 2.24. The summed E-state index contributed by atoms with van der Waals surface area (Å²) in [5.41, 5.74) is 4.88. The minimum absolute atomic E-state index is 0.179. The van der Waals surface area contributed by atoms with E-state index in [2.05, 4.69) is 26.8 Å². The van der Waals surface area contributed by atoms with Crippen LogP contribution in [0.2, 0.25) is 0 Å². The summed E-state index contributed by atoms with van der Waals surface area (Å²) in [7, 11) is 0. The minimum Gasteiger partial charge on any atom is -0.468 e. The highest BCUT2D eigenvalue weighted by molar-refractivity contribution is 5.66. The van der Waals surface area contributed by atoms with Gasteiger partial charge in [0.1, 0.15) is 11.9 Å². The second-order valence-electron chi connectivity index (χ2n) is 5.62. The van der Waals surface area contributed by atoms with E-state index >= 15 is 0 Å². The van der Waals surface area contributed by atoms with Crippen LogP contribution in [0.5, 0.6) is 0 Å². The molecule has 0 saturated heterocycles. The third-order valence-corrected chi connectivity index (χ3v) is 3.60. The first-order valence-corrected chi connectivity index (χ1v) is 7.01. The minimum atomic E-state index is -0.238. The van der Waals surface area contributed by atoms with E-state index < -0.39 is 0 Å². The monoisotopic (exact) mass is 274 g/mol. The summed E-state index contributed by atoms with van der Waals surface area (Å²) >= 11 is 0. The first kappa shape index (κ1) is 14.6. The summed E-state index contributed by atoms with van der Waals surface area (Å²) in [5, 5.41) is 0. The molecule has 0 aromatic carbocycles. The van der Waals surface area contributed by atoms with Crippen LogP contribution in [0.25, 0.3) is 0 Å². The molecule has 1 aliphatic rings. The second-order valence-corrected chi connectivity index (χ2v) is 5.62. The van der Waals surface area contributed by atoms with E-state index in [4.69, 9.17) is 9.15 Å². The molecular weight excluding hydrogens is 252 g/mol. The molecule has 1 aromatic rings. The zero-order valence-electron chi connectivity index (χ0n) is 12.7. The van der Waals surface area contributed by atoms with E-state index in [9.17, 15) is 4.79 Å². The molecule has 3 heteroatoms. The van der Waals surface area contributed by atoms with Gasteiger partial charge in [0, 0.05) is 25.3 Å². The number of hydrogen-bond donors (Lipinski definition) is 0. The lowest BCUT2D eigenvalue weighted by molar-refractivity contribution is -0.144. The van der Waals surface area contributed by atoms with Gasteiger partial charge in [0.2, 0.25) is 0 Å². The molecule has 0 aliphatic heterocycles. The highest BCUT2D eigenvalue weighted by Gasteiger charge is 2.16. The van der Waals surface area contributed by atoms with Crippen molar-refractivity contribution in [1.82, 2.24) is 0 Å². The maximum atomic E-state index is 11.2. The van der Waals surface area contributed by atoms with Crippen LogP contribution in [0.4, 0.5) is 0 Å². The van der Waals surface area contributed by atoms with Crippen molar-refractivity contribution in [2.24, 2.45) is 0 Å². The number of rotatable bonds is 1. The van der Waals surface area contributed by atoms with Gasteiger partial charge in [-0.25, -0.2) is 0 Å². The van der Waals surface area contributed by atoms with Crippen molar-refractivity contribution in [1.29, 1.82) is 0 Å². The number of carbonyl (C=O) groups is 1. The zero-order chi connectivity index (χ0) is 14.7. The lowest BCUT2D eigenvalue weighted by Gasteiger charge is -2.16. The maximum Gasteiger partial charge on any atom is 0.303 e. The van der Waals surface area contributed by atoms with Gasteiger partial charge >= 0.3 is 5.97 Å². The largest absolute Gasteiger partial charge is 0.468 e. The number of ether oxygens (including phenoxy) is 1. The Morgan fingerprint density at radius 3 is 2.75 bits per heavy atom. The van der Waals surface area contributed by atoms with Gasteiger partial charge in [0.15, 0.2) is 0 Å². The second kappa shape index (κ2) is 6.12. The normalized spacial score (nSPS) is 24.9. The van der Waals surface area contributed by atoms with Crippen LogP contribution in [-0.4, -0.2) is 12.1 Å². The Balaban J connectivity index is 2.33. The number of aryl methyl sites for hydroxylation is 1. The molecule has 1 heterocycles. The Bertz CT molecular complexity index is 561. The number of allylic oxidation sites excluding steroid dienone is 2. The van der Waals surface area contributed by atoms with Crippen LogP contribution in [-0.2, 0) is 22.4 Å². The van der Waals surface area contributed by atoms with E-state index in [1.165, 1.54) is 29.2 Å². The average Bonchev–Trinajstić information content (AvgIpc) is 2.66. The van der Waals surface area contributed by atoms with Gasteiger partial charge in [-0.2, -0.15) is 0 Å². The summed E-state index contributed by atoms with van der Waals surface area (Å²) in [5.74, 6) is 0.780. The smallest absolute Gasteiger partial charge is 0.303 e. The van der Waals surface area contributed by atoms with Crippen molar-refractivity contribution < 1.29 is 13.9 Å². The number of esters is 1. The first-order chi connectivity index (χ1) is 9.45. The quantitative estimate of drug-likeness (QED) is 0.576. The summed E-state index contributed by atoms with van der Waals surface area (Å²) in [6, 6.07) is 0. The molecular formula is C17H22O3. The van der Waals surface area contributed by atoms with Crippen LogP contribution in [0.15, 0.2) is 34.0 Å². The standard InChI is InChI=1S/C17H22O3/c1-11-5-6-16-13(3)10-19-17(16)9-12(2)8-15(7-11)20-14(4)18/h5,8,10,15H,6-7,9H2,1-4H3/b11-5+,12-8-/t15-/m0/s1. The molecule has 1 aromatic heterocycles. The maximum absolute atomic E-state index is 11.2. The fourth-order valence-corrected chi connectivity index (χ4v) is 2.60. The van der Waals surface area contributed by atoms with Crippen LogP contribution in [0.3, 0.4) is 0 Å².